The van der Waals surface area contributed by atoms with Crippen molar-refractivity contribution in [2.45, 2.75) is 18.9 Å². The number of aliphatic hydroxyl groups is 1. The molecule has 2 rings (SSSR count). The molecule has 0 radical (unpaired) electrons. The highest BCUT2D eigenvalue weighted by Crippen LogP contribution is 2.23. The van der Waals surface area contributed by atoms with Gasteiger partial charge in [0.05, 0.1) is 21.7 Å². The molecule has 2 N–H and O–H groups in total. The Kier molecular flexibility index (Phi) is 6.25. The molecule has 0 aromatic heterocycles. The van der Waals surface area contributed by atoms with Gasteiger partial charge in [-0.3, -0.25) is 4.79 Å². The second-order valence-electron chi connectivity index (χ2n) is 4.98. The van der Waals surface area contributed by atoms with Crippen LogP contribution in [0.2, 0.25) is 10.0 Å². The number of carbonyl (C=O) groups is 1. The first kappa shape index (κ1) is 16.8. The van der Waals surface area contributed by atoms with Crippen LogP contribution in [0.15, 0.2) is 48.5 Å². The average Bonchev–Trinajstić information content (AvgIpc) is 2.52. The van der Waals surface area contributed by atoms with Crippen LogP contribution >= 0.6 is 23.2 Å². The van der Waals surface area contributed by atoms with Crippen LogP contribution in [0.5, 0.6) is 0 Å². The van der Waals surface area contributed by atoms with Gasteiger partial charge < -0.3 is 10.4 Å². The Hall–Kier alpha value is -1.55. The molecular formula is C17H17Cl2NO2. The van der Waals surface area contributed by atoms with Gasteiger partial charge >= 0.3 is 0 Å². The molecule has 0 aliphatic carbocycles. The lowest BCUT2D eigenvalue weighted by Gasteiger charge is -2.13. The molecule has 116 valence electrons. The quantitative estimate of drug-likeness (QED) is 0.843. The zero-order valence-corrected chi connectivity index (χ0v) is 13.4. The molecule has 3 nitrogen and oxygen atoms in total. The van der Waals surface area contributed by atoms with E-state index in [1.807, 2.05) is 30.3 Å². The van der Waals surface area contributed by atoms with Crippen LogP contribution in [-0.4, -0.2) is 23.7 Å². The molecule has 0 bridgehead atoms. The Labute approximate surface area is 139 Å². The van der Waals surface area contributed by atoms with Gasteiger partial charge in [0, 0.05) is 6.54 Å². The Morgan fingerprint density at radius 3 is 2.32 bits per heavy atom. The Bertz CT molecular complexity index is 612. The van der Waals surface area contributed by atoms with E-state index in [9.17, 15) is 9.90 Å². The first-order chi connectivity index (χ1) is 10.6. The highest BCUT2D eigenvalue weighted by molar-refractivity contribution is 6.39. The van der Waals surface area contributed by atoms with Gasteiger partial charge in [0.2, 0.25) is 0 Å². The third kappa shape index (κ3) is 4.73. The fourth-order valence-electron chi connectivity index (χ4n) is 2.09. The number of carbonyl (C=O) groups excluding carboxylic acids is 1. The van der Waals surface area contributed by atoms with Crippen molar-refractivity contribution in [2.24, 2.45) is 0 Å². The van der Waals surface area contributed by atoms with Gasteiger partial charge in [0.1, 0.15) is 0 Å². The zero-order chi connectivity index (χ0) is 15.9. The minimum atomic E-state index is -0.620. The average molecular weight is 338 g/mol. The van der Waals surface area contributed by atoms with Gasteiger partial charge in [-0.05, 0) is 30.5 Å². The standard InChI is InChI=1S/C17H17Cl2NO2/c18-14-7-4-8-15(19)16(14)17(22)20-11-13(21)10-9-12-5-2-1-3-6-12/h1-8,13,21H,9-11H2,(H,20,22). The van der Waals surface area contributed by atoms with Crippen LogP contribution in [0.3, 0.4) is 0 Å². The first-order valence-corrected chi connectivity index (χ1v) is 7.77. The second-order valence-corrected chi connectivity index (χ2v) is 5.80. The number of aryl methyl sites for hydroxylation is 1. The number of nitrogens with one attached hydrogen (secondary N) is 1. The van der Waals surface area contributed by atoms with E-state index in [0.717, 1.165) is 12.0 Å². The lowest BCUT2D eigenvalue weighted by molar-refractivity contribution is 0.0911. The summed E-state index contributed by atoms with van der Waals surface area (Å²) in [6, 6.07) is 14.8. The van der Waals surface area contributed by atoms with Crippen LogP contribution < -0.4 is 5.32 Å². The van der Waals surface area contributed by atoms with Crippen LogP contribution in [0.25, 0.3) is 0 Å². The minimum Gasteiger partial charge on any atom is -0.391 e. The molecular weight excluding hydrogens is 321 g/mol. The normalized spacial score (nSPS) is 12.0. The van der Waals surface area contributed by atoms with E-state index in [1.165, 1.54) is 0 Å². The SMILES string of the molecule is O=C(NCC(O)CCc1ccccc1)c1c(Cl)cccc1Cl. The lowest BCUT2D eigenvalue weighted by atomic mass is 10.1. The van der Waals surface area contributed by atoms with Crippen LogP contribution in [-0.2, 0) is 6.42 Å². The van der Waals surface area contributed by atoms with Crippen molar-refractivity contribution >= 4 is 29.1 Å². The lowest BCUT2D eigenvalue weighted by Crippen LogP contribution is -2.32. The van der Waals surface area contributed by atoms with Gasteiger partial charge in [-0.25, -0.2) is 0 Å². The Balaban J connectivity index is 1.83. The van der Waals surface area contributed by atoms with Crippen molar-refractivity contribution in [3.05, 3.63) is 69.7 Å². The third-order valence-corrected chi connectivity index (χ3v) is 3.93. The molecule has 1 atom stereocenters. The monoisotopic (exact) mass is 337 g/mol. The van der Waals surface area contributed by atoms with E-state index in [2.05, 4.69) is 5.32 Å². The predicted octanol–water partition coefficient (Wildman–Crippen LogP) is 3.72. The topological polar surface area (TPSA) is 49.3 Å². The summed E-state index contributed by atoms with van der Waals surface area (Å²) in [6.45, 7) is 0.160. The number of halogens is 2. The predicted molar refractivity (Wildman–Crippen MR) is 89.6 cm³/mol. The summed E-state index contributed by atoms with van der Waals surface area (Å²) >= 11 is 11.9. The van der Waals surface area contributed by atoms with Crippen molar-refractivity contribution in [3.63, 3.8) is 0 Å². The maximum Gasteiger partial charge on any atom is 0.254 e. The molecule has 0 saturated heterocycles. The van der Waals surface area contributed by atoms with E-state index < -0.39 is 6.10 Å². The fraction of sp³-hybridized carbons (Fsp3) is 0.235. The van der Waals surface area contributed by atoms with E-state index in [4.69, 9.17) is 23.2 Å². The maximum atomic E-state index is 12.1. The van der Waals surface area contributed by atoms with Crippen LogP contribution in [0, 0.1) is 0 Å². The smallest absolute Gasteiger partial charge is 0.254 e. The summed E-state index contributed by atoms with van der Waals surface area (Å²) in [7, 11) is 0. The number of aliphatic hydroxyl groups excluding tert-OH is 1. The largest absolute Gasteiger partial charge is 0.391 e. The van der Waals surface area contributed by atoms with Gasteiger partial charge in [0.15, 0.2) is 0 Å². The Morgan fingerprint density at radius 2 is 1.68 bits per heavy atom. The molecule has 0 saturated carbocycles. The van der Waals surface area contributed by atoms with Gasteiger partial charge in [-0.2, -0.15) is 0 Å². The summed E-state index contributed by atoms with van der Waals surface area (Å²) < 4.78 is 0. The van der Waals surface area contributed by atoms with Crippen LogP contribution in [0.4, 0.5) is 0 Å². The van der Waals surface area contributed by atoms with Crippen molar-refractivity contribution in [1.82, 2.24) is 5.32 Å². The van der Waals surface area contributed by atoms with Crippen molar-refractivity contribution in [2.75, 3.05) is 6.54 Å². The van der Waals surface area contributed by atoms with Crippen molar-refractivity contribution in [1.29, 1.82) is 0 Å². The van der Waals surface area contributed by atoms with E-state index in [-0.39, 0.29) is 18.0 Å². The molecule has 2 aromatic rings. The number of hydrogen-bond acceptors (Lipinski definition) is 2. The zero-order valence-electron chi connectivity index (χ0n) is 11.9. The molecule has 5 heteroatoms. The van der Waals surface area contributed by atoms with Crippen LogP contribution in [0.1, 0.15) is 22.3 Å². The third-order valence-electron chi connectivity index (χ3n) is 3.30. The number of rotatable bonds is 6. The first-order valence-electron chi connectivity index (χ1n) is 7.02. The molecule has 0 fully saturated rings. The van der Waals surface area contributed by atoms with E-state index in [0.29, 0.717) is 16.5 Å². The molecule has 1 amide bonds. The summed E-state index contributed by atoms with van der Waals surface area (Å²) in [5.74, 6) is -0.380. The minimum absolute atomic E-state index is 0.160. The summed E-state index contributed by atoms with van der Waals surface area (Å²) in [4.78, 5) is 12.1. The maximum absolute atomic E-state index is 12.1. The van der Waals surface area contributed by atoms with Gasteiger partial charge in [0.25, 0.3) is 5.91 Å². The highest BCUT2D eigenvalue weighted by Gasteiger charge is 2.15. The molecule has 2 aromatic carbocycles. The molecule has 0 heterocycles. The second kappa shape index (κ2) is 8.18. The Morgan fingerprint density at radius 1 is 1.05 bits per heavy atom. The molecule has 0 spiro atoms. The van der Waals surface area contributed by atoms with E-state index in [1.54, 1.807) is 18.2 Å². The summed E-state index contributed by atoms with van der Waals surface area (Å²) in [6.07, 6.45) is 0.705. The molecule has 0 aliphatic heterocycles. The molecule has 0 aliphatic rings. The number of amides is 1. The molecule has 22 heavy (non-hydrogen) atoms. The van der Waals surface area contributed by atoms with E-state index >= 15 is 0 Å². The highest BCUT2D eigenvalue weighted by atomic mass is 35.5. The van der Waals surface area contributed by atoms with Gasteiger partial charge in [-0.15, -0.1) is 0 Å². The van der Waals surface area contributed by atoms with Crippen molar-refractivity contribution in [3.8, 4) is 0 Å². The summed E-state index contributed by atoms with van der Waals surface area (Å²) in [5, 5.41) is 13.2. The molecule has 1 unspecified atom stereocenters. The van der Waals surface area contributed by atoms with Gasteiger partial charge in [-0.1, -0.05) is 59.6 Å². The number of benzene rings is 2. The van der Waals surface area contributed by atoms with Crippen molar-refractivity contribution < 1.29 is 9.90 Å². The fourth-order valence-corrected chi connectivity index (χ4v) is 2.66. The number of hydrogen-bond donors (Lipinski definition) is 2. The summed E-state index contributed by atoms with van der Waals surface area (Å²) in [5.41, 5.74) is 1.39.